The quantitative estimate of drug-likeness (QED) is 0.478. The van der Waals surface area contributed by atoms with E-state index in [1.807, 2.05) is 48.5 Å². The summed E-state index contributed by atoms with van der Waals surface area (Å²) in [5.41, 5.74) is 3.75. The van der Waals surface area contributed by atoms with Crippen LogP contribution in [0.25, 0.3) is 22.6 Å². The van der Waals surface area contributed by atoms with E-state index in [1.54, 1.807) is 18.2 Å². The lowest BCUT2D eigenvalue weighted by atomic mass is 10.1. The van der Waals surface area contributed by atoms with Crippen LogP contribution in [0.5, 0.6) is 0 Å². The van der Waals surface area contributed by atoms with Crippen LogP contribution in [0.3, 0.4) is 0 Å². The lowest BCUT2D eigenvalue weighted by Crippen LogP contribution is -2.23. The van der Waals surface area contributed by atoms with Crippen LogP contribution in [-0.4, -0.2) is 10.9 Å². The number of carbonyl (C=O) groups excluding carboxylic acids is 1. The Morgan fingerprint density at radius 2 is 1.78 bits per heavy atom. The highest BCUT2D eigenvalue weighted by Gasteiger charge is 2.11. The van der Waals surface area contributed by atoms with Crippen LogP contribution >= 0.6 is 23.2 Å². The predicted octanol–water partition coefficient (Wildman–Crippen LogP) is 5.73. The Bertz CT molecular complexity index is 1090. The van der Waals surface area contributed by atoms with Crippen molar-refractivity contribution in [3.8, 4) is 11.5 Å². The average molecular weight is 397 g/mol. The smallest absolute Gasteiger partial charge is 0.253 e. The number of carbonyl (C=O) groups is 1. The monoisotopic (exact) mass is 396 g/mol. The maximum atomic E-state index is 12.3. The van der Waals surface area contributed by atoms with E-state index in [1.165, 1.54) is 0 Å². The Labute approximate surface area is 165 Å². The number of nitrogens with zero attached hydrogens (tertiary/aromatic N) is 1. The van der Waals surface area contributed by atoms with Gasteiger partial charge in [-0.2, -0.15) is 0 Å². The summed E-state index contributed by atoms with van der Waals surface area (Å²) in [4.78, 5) is 16.8. The van der Waals surface area contributed by atoms with Crippen LogP contribution < -0.4 is 5.32 Å². The van der Waals surface area contributed by atoms with Gasteiger partial charge in [-0.15, -0.1) is 0 Å². The van der Waals surface area contributed by atoms with E-state index >= 15 is 0 Å². The molecule has 4 rings (SSSR count). The van der Waals surface area contributed by atoms with Gasteiger partial charge in [-0.05, 0) is 48.0 Å². The molecule has 6 heteroatoms. The van der Waals surface area contributed by atoms with Gasteiger partial charge in [0.2, 0.25) is 5.89 Å². The molecule has 1 N–H and O–H groups in total. The number of amides is 1. The highest BCUT2D eigenvalue weighted by Crippen LogP contribution is 2.24. The predicted molar refractivity (Wildman–Crippen MR) is 107 cm³/mol. The fourth-order valence-corrected chi connectivity index (χ4v) is 3.09. The molecule has 134 valence electrons. The number of fused-ring (bicyclic) bond motifs is 1. The van der Waals surface area contributed by atoms with Gasteiger partial charge in [0.25, 0.3) is 5.91 Å². The van der Waals surface area contributed by atoms with E-state index in [9.17, 15) is 4.79 Å². The lowest BCUT2D eigenvalue weighted by Gasteiger charge is -2.08. The fraction of sp³-hybridized carbons (Fsp3) is 0.0476. The Morgan fingerprint density at radius 3 is 2.56 bits per heavy atom. The zero-order valence-corrected chi connectivity index (χ0v) is 15.6. The Hall–Kier alpha value is -2.82. The van der Waals surface area contributed by atoms with Crippen molar-refractivity contribution in [2.45, 2.75) is 6.54 Å². The maximum Gasteiger partial charge on any atom is 0.253 e. The summed E-state index contributed by atoms with van der Waals surface area (Å²) < 4.78 is 5.77. The first kappa shape index (κ1) is 17.6. The number of hydrogen-bond donors (Lipinski definition) is 1. The molecule has 0 saturated heterocycles. The van der Waals surface area contributed by atoms with E-state index < -0.39 is 0 Å². The molecule has 1 amide bonds. The second-order valence-corrected chi connectivity index (χ2v) is 6.83. The third kappa shape index (κ3) is 3.82. The van der Waals surface area contributed by atoms with Gasteiger partial charge in [-0.1, -0.05) is 47.5 Å². The molecule has 1 heterocycles. The standard InChI is InChI=1S/C21H14Cl2N2O2/c22-15-9-10-17(23)16(11-15)20(26)24-12-13-5-7-14(8-6-13)21-25-18-3-1-2-4-19(18)27-21/h1-11H,12H2,(H,24,26). The SMILES string of the molecule is O=C(NCc1ccc(-c2nc3ccccc3o2)cc1)c1cc(Cl)ccc1Cl. The summed E-state index contributed by atoms with van der Waals surface area (Å²) in [6.07, 6.45) is 0. The lowest BCUT2D eigenvalue weighted by molar-refractivity contribution is 0.0951. The number of rotatable bonds is 4. The van der Waals surface area contributed by atoms with Gasteiger partial charge < -0.3 is 9.73 Å². The topological polar surface area (TPSA) is 55.1 Å². The Kier molecular flexibility index (Phi) is 4.84. The summed E-state index contributed by atoms with van der Waals surface area (Å²) in [6.45, 7) is 0.371. The van der Waals surface area contributed by atoms with Gasteiger partial charge in [-0.25, -0.2) is 4.98 Å². The minimum atomic E-state index is -0.273. The molecule has 0 bridgehead atoms. The van der Waals surface area contributed by atoms with Gasteiger partial charge in [0.1, 0.15) is 5.52 Å². The normalized spacial score (nSPS) is 10.9. The molecule has 0 spiro atoms. The van der Waals surface area contributed by atoms with E-state index in [2.05, 4.69) is 10.3 Å². The van der Waals surface area contributed by atoms with E-state index in [0.29, 0.717) is 28.0 Å². The van der Waals surface area contributed by atoms with E-state index in [4.69, 9.17) is 27.6 Å². The average Bonchev–Trinajstić information content (AvgIpc) is 3.12. The first-order valence-corrected chi connectivity index (χ1v) is 9.04. The third-order valence-electron chi connectivity index (χ3n) is 4.12. The second-order valence-electron chi connectivity index (χ2n) is 5.99. The van der Waals surface area contributed by atoms with Crippen LogP contribution in [0.2, 0.25) is 10.0 Å². The van der Waals surface area contributed by atoms with Gasteiger partial charge in [0, 0.05) is 17.1 Å². The van der Waals surface area contributed by atoms with Crippen molar-refractivity contribution in [3.63, 3.8) is 0 Å². The summed E-state index contributed by atoms with van der Waals surface area (Å²) in [5.74, 6) is 0.294. The molecule has 0 aliphatic heterocycles. The van der Waals surface area contributed by atoms with Crippen molar-refractivity contribution in [1.29, 1.82) is 0 Å². The third-order valence-corrected chi connectivity index (χ3v) is 4.69. The number of nitrogens with one attached hydrogen (secondary N) is 1. The fourth-order valence-electron chi connectivity index (χ4n) is 2.71. The first-order chi connectivity index (χ1) is 13.1. The molecule has 4 aromatic rings. The van der Waals surface area contributed by atoms with Gasteiger partial charge >= 0.3 is 0 Å². The molecule has 0 aliphatic rings. The minimum absolute atomic E-state index is 0.273. The Balaban J connectivity index is 1.46. The molecule has 1 aromatic heterocycles. The molecule has 4 nitrogen and oxygen atoms in total. The summed E-state index contributed by atoms with van der Waals surface area (Å²) in [7, 11) is 0. The maximum absolute atomic E-state index is 12.3. The van der Waals surface area contributed by atoms with Crippen molar-refractivity contribution < 1.29 is 9.21 Å². The van der Waals surface area contributed by atoms with Crippen LogP contribution in [0.1, 0.15) is 15.9 Å². The number of oxazole rings is 1. The molecule has 0 atom stereocenters. The van der Waals surface area contributed by atoms with Crippen molar-refractivity contribution >= 4 is 40.2 Å². The van der Waals surface area contributed by atoms with Gasteiger partial charge in [0.05, 0.1) is 10.6 Å². The summed E-state index contributed by atoms with van der Waals surface area (Å²) in [5, 5.41) is 3.67. The van der Waals surface area contributed by atoms with Crippen molar-refractivity contribution in [2.24, 2.45) is 0 Å². The van der Waals surface area contributed by atoms with Crippen LogP contribution in [-0.2, 0) is 6.54 Å². The Morgan fingerprint density at radius 1 is 1.00 bits per heavy atom. The molecule has 27 heavy (non-hydrogen) atoms. The molecular formula is C21H14Cl2N2O2. The second kappa shape index (κ2) is 7.43. The molecule has 3 aromatic carbocycles. The number of benzene rings is 3. The molecule has 0 unspecified atom stereocenters. The zero-order chi connectivity index (χ0) is 18.8. The van der Waals surface area contributed by atoms with Crippen molar-refractivity contribution in [1.82, 2.24) is 10.3 Å². The number of halogens is 2. The zero-order valence-electron chi connectivity index (χ0n) is 14.1. The van der Waals surface area contributed by atoms with Gasteiger partial charge in [-0.3, -0.25) is 4.79 Å². The van der Waals surface area contributed by atoms with E-state index in [0.717, 1.165) is 22.2 Å². The number of hydrogen-bond acceptors (Lipinski definition) is 3. The van der Waals surface area contributed by atoms with E-state index in [-0.39, 0.29) is 5.91 Å². The van der Waals surface area contributed by atoms with Crippen LogP contribution in [0.15, 0.2) is 71.1 Å². The molecular weight excluding hydrogens is 383 g/mol. The minimum Gasteiger partial charge on any atom is -0.436 e. The van der Waals surface area contributed by atoms with Gasteiger partial charge in [0.15, 0.2) is 5.58 Å². The largest absolute Gasteiger partial charge is 0.436 e. The number of aromatic nitrogens is 1. The summed E-state index contributed by atoms with van der Waals surface area (Å²) in [6, 6.07) is 20.1. The number of para-hydroxylation sites is 2. The highest BCUT2D eigenvalue weighted by molar-refractivity contribution is 6.35. The van der Waals surface area contributed by atoms with Crippen LogP contribution in [0.4, 0.5) is 0 Å². The molecule has 0 saturated carbocycles. The molecule has 0 fully saturated rings. The highest BCUT2D eigenvalue weighted by atomic mass is 35.5. The summed E-state index contributed by atoms with van der Waals surface area (Å²) >= 11 is 12.0. The molecule has 0 radical (unpaired) electrons. The van der Waals surface area contributed by atoms with Crippen molar-refractivity contribution in [2.75, 3.05) is 0 Å². The molecule has 0 aliphatic carbocycles. The van der Waals surface area contributed by atoms with Crippen LogP contribution in [0, 0.1) is 0 Å². The van der Waals surface area contributed by atoms with Crippen molar-refractivity contribution in [3.05, 3.63) is 87.9 Å². The first-order valence-electron chi connectivity index (χ1n) is 8.28.